The number of nitrogens with two attached hydrogens (primary N) is 1. The number of rotatable bonds is 8. The van der Waals surface area contributed by atoms with Gasteiger partial charge in [-0.2, -0.15) is 0 Å². The number of hydrogen-bond donors (Lipinski definition) is 1. The van der Waals surface area contributed by atoms with Gasteiger partial charge in [-0.25, -0.2) is 0 Å². The lowest BCUT2D eigenvalue weighted by Crippen LogP contribution is -2.51. The third-order valence-corrected chi connectivity index (χ3v) is 5.72. The number of carbonyl (C=O) groups is 3. The van der Waals surface area contributed by atoms with Gasteiger partial charge in [0.25, 0.3) is 5.91 Å². The minimum absolute atomic E-state index is 0.0442. The summed E-state index contributed by atoms with van der Waals surface area (Å²) in [5.41, 5.74) is 5.81. The Labute approximate surface area is 164 Å². The van der Waals surface area contributed by atoms with Gasteiger partial charge in [-0.15, -0.1) is 11.8 Å². The third kappa shape index (κ3) is 5.97. The van der Waals surface area contributed by atoms with E-state index in [9.17, 15) is 14.4 Å². The molecule has 148 valence electrons. The molecule has 1 aromatic rings. The maximum absolute atomic E-state index is 12.9. The highest BCUT2D eigenvalue weighted by Crippen LogP contribution is 2.24. The molecule has 0 atom stereocenters. The molecular formula is C19H28N4O3S. The lowest BCUT2D eigenvalue weighted by Gasteiger charge is -2.35. The van der Waals surface area contributed by atoms with E-state index in [1.807, 2.05) is 41.8 Å². The Kier molecular flexibility index (Phi) is 8.12. The van der Waals surface area contributed by atoms with Crippen LogP contribution in [-0.4, -0.2) is 84.0 Å². The van der Waals surface area contributed by atoms with E-state index in [1.54, 1.807) is 6.07 Å². The number of piperazine rings is 1. The smallest absolute Gasteiger partial charge is 0.255 e. The van der Waals surface area contributed by atoms with Crippen molar-refractivity contribution in [2.45, 2.75) is 18.7 Å². The molecule has 0 spiro atoms. The SMILES string of the molecule is CCN(CC)C(=O)CN1CCN(C(=O)c2ccccc2SCC(N)=O)CC1. The van der Waals surface area contributed by atoms with E-state index in [1.165, 1.54) is 11.8 Å². The molecule has 3 amide bonds. The maximum atomic E-state index is 12.9. The second-order valence-electron chi connectivity index (χ2n) is 6.39. The second-order valence-corrected chi connectivity index (χ2v) is 7.40. The molecule has 1 aromatic carbocycles. The molecule has 8 heteroatoms. The van der Waals surface area contributed by atoms with Gasteiger partial charge in [-0.05, 0) is 26.0 Å². The van der Waals surface area contributed by atoms with E-state index >= 15 is 0 Å². The van der Waals surface area contributed by atoms with Gasteiger partial charge in [0, 0.05) is 44.2 Å². The molecule has 27 heavy (non-hydrogen) atoms. The first kappa shape index (κ1) is 21.2. The van der Waals surface area contributed by atoms with Crippen LogP contribution < -0.4 is 5.73 Å². The van der Waals surface area contributed by atoms with Crippen LogP contribution in [0.15, 0.2) is 29.2 Å². The van der Waals surface area contributed by atoms with Crippen molar-refractivity contribution in [2.75, 3.05) is 51.6 Å². The predicted molar refractivity (Wildman–Crippen MR) is 107 cm³/mol. The monoisotopic (exact) mass is 392 g/mol. The Morgan fingerprint density at radius 1 is 1.07 bits per heavy atom. The first-order chi connectivity index (χ1) is 13.0. The summed E-state index contributed by atoms with van der Waals surface area (Å²) in [4.78, 5) is 42.7. The minimum atomic E-state index is -0.409. The fourth-order valence-electron chi connectivity index (χ4n) is 3.07. The standard InChI is InChI=1S/C19H28N4O3S/c1-3-22(4-2)18(25)13-21-9-11-23(12-10-21)19(26)15-7-5-6-8-16(15)27-14-17(20)24/h5-8H,3-4,9-14H2,1-2H3,(H2,20,24). The summed E-state index contributed by atoms with van der Waals surface area (Å²) < 4.78 is 0. The molecule has 1 aliphatic heterocycles. The van der Waals surface area contributed by atoms with Crippen molar-refractivity contribution in [3.63, 3.8) is 0 Å². The van der Waals surface area contributed by atoms with Crippen LogP contribution in [0.2, 0.25) is 0 Å². The largest absolute Gasteiger partial charge is 0.369 e. The molecular weight excluding hydrogens is 364 g/mol. The molecule has 0 bridgehead atoms. The van der Waals surface area contributed by atoms with Gasteiger partial charge in [-0.1, -0.05) is 12.1 Å². The van der Waals surface area contributed by atoms with E-state index in [0.29, 0.717) is 51.4 Å². The average molecular weight is 393 g/mol. The Hall–Kier alpha value is -2.06. The molecule has 1 fully saturated rings. The van der Waals surface area contributed by atoms with E-state index in [0.717, 1.165) is 4.90 Å². The number of likely N-dealkylation sites (N-methyl/N-ethyl adjacent to an activating group) is 1. The van der Waals surface area contributed by atoms with E-state index < -0.39 is 5.91 Å². The van der Waals surface area contributed by atoms with Crippen LogP contribution in [0, 0.1) is 0 Å². The normalized spacial score (nSPS) is 14.8. The number of primary amides is 1. The average Bonchev–Trinajstić information content (AvgIpc) is 2.67. The number of amides is 3. The highest BCUT2D eigenvalue weighted by Gasteiger charge is 2.25. The van der Waals surface area contributed by atoms with E-state index in [2.05, 4.69) is 4.90 Å². The minimum Gasteiger partial charge on any atom is -0.369 e. The Morgan fingerprint density at radius 3 is 2.30 bits per heavy atom. The molecule has 0 aliphatic carbocycles. The first-order valence-corrected chi connectivity index (χ1v) is 10.2. The molecule has 1 aliphatic rings. The highest BCUT2D eigenvalue weighted by molar-refractivity contribution is 8.00. The van der Waals surface area contributed by atoms with Gasteiger partial charge in [-0.3, -0.25) is 19.3 Å². The summed E-state index contributed by atoms with van der Waals surface area (Å²) in [6.07, 6.45) is 0. The van der Waals surface area contributed by atoms with Gasteiger partial charge in [0.15, 0.2) is 0 Å². The Bertz CT molecular complexity index is 671. The summed E-state index contributed by atoms with van der Waals surface area (Å²) in [6.45, 7) is 8.30. The molecule has 0 unspecified atom stereocenters. The van der Waals surface area contributed by atoms with Crippen molar-refractivity contribution in [1.29, 1.82) is 0 Å². The van der Waals surface area contributed by atoms with Crippen LogP contribution in [0.3, 0.4) is 0 Å². The van der Waals surface area contributed by atoms with Gasteiger partial charge in [0.2, 0.25) is 11.8 Å². The zero-order valence-electron chi connectivity index (χ0n) is 16.0. The lowest BCUT2D eigenvalue weighted by atomic mass is 10.2. The number of carbonyl (C=O) groups excluding carboxylic acids is 3. The molecule has 0 aromatic heterocycles. The zero-order chi connectivity index (χ0) is 19.8. The first-order valence-electron chi connectivity index (χ1n) is 9.25. The van der Waals surface area contributed by atoms with Crippen molar-refractivity contribution < 1.29 is 14.4 Å². The maximum Gasteiger partial charge on any atom is 0.255 e. The fraction of sp³-hybridized carbons (Fsp3) is 0.526. The highest BCUT2D eigenvalue weighted by atomic mass is 32.2. The molecule has 2 rings (SSSR count). The number of nitrogens with zero attached hydrogens (tertiary/aromatic N) is 3. The van der Waals surface area contributed by atoms with Gasteiger partial charge < -0.3 is 15.5 Å². The summed E-state index contributed by atoms with van der Waals surface area (Å²) in [6, 6.07) is 7.28. The van der Waals surface area contributed by atoms with Crippen LogP contribution >= 0.6 is 11.8 Å². The number of benzene rings is 1. The fourth-order valence-corrected chi connectivity index (χ4v) is 3.85. The van der Waals surface area contributed by atoms with E-state index in [-0.39, 0.29) is 17.6 Å². The number of thioether (sulfide) groups is 1. The molecule has 2 N–H and O–H groups in total. The molecule has 1 saturated heterocycles. The van der Waals surface area contributed by atoms with Gasteiger partial charge in [0.05, 0.1) is 17.9 Å². The summed E-state index contributed by atoms with van der Waals surface area (Å²) >= 11 is 1.28. The van der Waals surface area contributed by atoms with Crippen LogP contribution in [0.25, 0.3) is 0 Å². The van der Waals surface area contributed by atoms with Gasteiger partial charge in [0.1, 0.15) is 0 Å². The van der Waals surface area contributed by atoms with Crippen LogP contribution in [0.5, 0.6) is 0 Å². The topological polar surface area (TPSA) is 87.0 Å². The van der Waals surface area contributed by atoms with Crippen molar-refractivity contribution >= 4 is 29.5 Å². The Balaban J connectivity index is 1.93. The lowest BCUT2D eigenvalue weighted by molar-refractivity contribution is -0.132. The number of hydrogen-bond acceptors (Lipinski definition) is 5. The van der Waals surface area contributed by atoms with Crippen molar-refractivity contribution in [3.05, 3.63) is 29.8 Å². The molecule has 7 nitrogen and oxygen atoms in total. The second kappa shape index (κ2) is 10.3. The molecule has 1 heterocycles. The van der Waals surface area contributed by atoms with Crippen molar-refractivity contribution in [3.8, 4) is 0 Å². The van der Waals surface area contributed by atoms with Gasteiger partial charge >= 0.3 is 0 Å². The quantitative estimate of drug-likeness (QED) is 0.664. The van der Waals surface area contributed by atoms with Crippen LogP contribution in [0.1, 0.15) is 24.2 Å². The predicted octanol–water partition coefficient (Wildman–Crippen LogP) is 0.890. The zero-order valence-corrected chi connectivity index (χ0v) is 16.8. The summed E-state index contributed by atoms with van der Waals surface area (Å²) in [7, 11) is 0. The molecule has 0 radical (unpaired) electrons. The summed E-state index contributed by atoms with van der Waals surface area (Å²) in [5, 5.41) is 0. The Morgan fingerprint density at radius 2 is 1.70 bits per heavy atom. The van der Waals surface area contributed by atoms with Crippen molar-refractivity contribution in [2.24, 2.45) is 5.73 Å². The third-order valence-electron chi connectivity index (χ3n) is 4.62. The van der Waals surface area contributed by atoms with E-state index in [4.69, 9.17) is 5.73 Å². The van der Waals surface area contributed by atoms with Crippen molar-refractivity contribution in [1.82, 2.24) is 14.7 Å². The van der Waals surface area contributed by atoms with Crippen LogP contribution in [0.4, 0.5) is 0 Å². The van der Waals surface area contributed by atoms with Crippen LogP contribution in [-0.2, 0) is 9.59 Å². The summed E-state index contributed by atoms with van der Waals surface area (Å²) in [5.74, 6) is -0.176. The molecule has 0 saturated carbocycles.